The number of fused-ring (bicyclic) bond motifs is 6. The maximum absolute atomic E-state index is 2.45. The first-order valence-corrected chi connectivity index (χ1v) is 19.1. The summed E-state index contributed by atoms with van der Waals surface area (Å²) in [5, 5.41) is 5.10. The summed E-state index contributed by atoms with van der Waals surface area (Å²) in [6, 6.07) is 70.3. The molecule has 2 heterocycles. The lowest BCUT2D eigenvalue weighted by molar-refractivity contribution is 1.30. The van der Waals surface area contributed by atoms with Crippen LogP contribution in [0, 0.1) is 0 Å². The molecule has 10 rings (SSSR count). The van der Waals surface area contributed by atoms with E-state index in [-0.39, 0.29) is 0 Å². The lowest BCUT2D eigenvalue weighted by Crippen LogP contribution is -2.10. The summed E-state index contributed by atoms with van der Waals surface area (Å²) < 4.78 is 5.13. The Kier molecular flexibility index (Phi) is 7.56. The molecule has 2 aromatic heterocycles. The fourth-order valence-electron chi connectivity index (χ4n) is 7.47. The van der Waals surface area contributed by atoms with Crippen LogP contribution in [0.1, 0.15) is 0 Å². The van der Waals surface area contributed by atoms with E-state index in [0.29, 0.717) is 0 Å². The third kappa shape index (κ3) is 5.24. The van der Waals surface area contributed by atoms with Crippen molar-refractivity contribution in [2.75, 3.05) is 9.80 Å². The van der Waals surface area contributed by atoms with E-state index in [1.807, 2.05) is 22.7 Å². The number of hydrogen-bond acceptors (Lipinski definition) is 4. The number of nitrogens with zero attached hydrogens (tertiary/aromatic N) is 2. The number of benzene rings is 8. The topological polar surface area (TPSA) is 6.48 Å². The molecular weight excluding hydrogens is 669 g/mol. The SMILES string of the molecule is c1ccc(-c2ccc(N(c3ccc4sc5ccccc5c4c3)c3cccc4c3sc3cccc(N(c5ccccc5)c5ccccc5)c34)cc2)cc1. The molecule has 0 aliphatic heterocycles. The van der Waals surface area contributed by atoms with E-state index in [0.717, 1.165) is 22.7 Å². The molecule has 0 amide bonds. The van der Waals surface area contributed by atoms with Crippen LogP contribution in [-0.4, -0.2) is 0 Å². The average Bonchev–Trinajstić information content (AvgIpc) is 3.79. The Hall–Kier alpha value is -6.20. The summed E-state index contributed by atoms with van der Waals surface area (Å²) in [6.45, 7) is 0. The Morgan fingerprint density at radius 3 is 1.58 bits per heavy atom. The minimum Gasteiger partial charge on any atom is -0.310 e. The molecular formula is C48H32N2S2. The number of thiophene rings is 2. The summed E-state index contributed by atoms with van der Waals surface area (Å²) in [5.74, 6) is 0. The summed E-state index contributed by atoms with van der Waals surface area (Å²) in [4.78, 5) is 4.83. The van der Waals surface area contributed by atoms with Crippen molar-refractivity contribution in [3.8, 4) is 11.1 Å². The smallest absolute Gasteiger partial charge is 0.0640 e. The predicted molar refractivity (Wildman–Crippen MR) is 227 cm³/mol. The fraction of sp³-hybridized carbons (Fsp3) is 0. The van der Waals surface area contributed by atoms with Crippen LogP contribution in [0.15, 0.2) is 194 Å². The highest BCUT2D eigenvalue weighted by Crippen LogP contribution is 2.50. The monoisotopic (exact) mass is 700 g/mol. The third-order valence-electron chi connectivity index (χ3n) is 9.84. The van der Waals surface area contributed by atoms with E-state index in [1.165, 1.54) is 62.8 Å². The summed E-state index contributed by atoms with van der Waals surface area (Å²) in [5.41, 5.74) is 9.29. The van der Waals surface area contributed by atoms with Crippen LogP contribution < -0.4 is 9.80 Å². The fourth-order valence-corrected chi connectivity index (χ4v) is 9.79. The first-order chi connectivity index (χ1) is 25.8. The van der Waals surface area contributed by atoms with Gasteiger partial charge in [-0.15, -0.1) is 22.7 Å². The molecule has 0 radical (unpaired) electrons. The lowest BCUT2D eigenvalue weighted by Gasteiger charge is -2.27. The second-order valence-electron chi connectivity index (χ2n) is 12.9. The van der Waals surface area contributed by atoms with Crippen LogP contribution in [0.4, 0.5) is 34.1 Å². The maximum atomic E-state index is 2.45. The number of para-hydroxylation sites is 2. The van der Waals surface area contributed by atoms with E-state index in [1.54, 1.807) is 0 Å². The van der Waals surface area contributed by atoms with Crippen LogP contribution in [0.25, 0.3) is 51.5 Å². The Morgan fingerprint density at radius 1 is 0.308 bits per heavy atom. The first kappa shape index (κ1) is 30.6. The van der Waals surface area contributed by atoms with E-state index in [2.05, 4.69) is 204 Å². The first-order valence-electron chi connectivity index (χ1n) is 17.5. The molecule has 0 bridgehead atoms. The molecule has 0 unspecified atom stereocenters. The van der Waals surface area contributed by atoms with Gasteiger partial charge in [-0.25, -0.2) is 0 Å². The zero-order valence-corrected chi connectivity index (χ0v) is 29.8. The quantitative estimate of drug-likeness (QED) is 0.163. The van der Waals surface area contributed by atoms with Gasteiger partial charge in [0.2, 0.25) is 0 Å². The van der Waals surface area contributed by atoms with Crippen LogP contribution in [0.3, 0.4) is 0 Å². The Labute approximate surface area is 310 Å². The molecule has 0 aliphatic carbocycles. The predicted octanol–water partition coefficient (Wildman–Crippen LogP) is 15.0. The maximum Gasteiger partial charge on any atom is 0.0640 e. The molecule has 0 saturated carbocycles. The van der Waals surface area contributed by atoms with Gasteiger partial charge in [-0.3, -0.25) is 0 Å². The summed E-state index contributed by atoms with van der Waals surface area (Å²) >= 11 is 3.73. The zero-order chi connectivity index (χ0) is 34.4. The van der Waals surface area contributed by atoms with Gasteiger partial charge < -0.3 is 9.80 Å². The van der Waals surface area contributed by atoms with E-state index in [4.69, 9.17) is 0 Å². The largest absolute Gasteiger partial charge is 0.310 e. The van der Waals surface area contributed by atoms with Gasteiger partial charge in [-0.1, -0.05) is 115 Å². The van der Waals surface area contributed by atoms with Crippen molar-refractivity contribution in [1.82, 2.24) is 0 Å². The van der Waals surface area contributed by atoms with Gasteiger partial charge in [-0.2, -0.15) is 0 Å². The van der Waals surface area contributed by atoms with Gasteiger partial charge in [0, 0.05) is 58.4 Å². The van der Waals surface area contributed by atoms with Gasteiger partial charge in [0.1, 0.15) is 0 Å². The lowest BCUT2D eigenvalue weighted by atomic mass is 10.0. The number of hydrogen-bond donors (Lipinski definition) is 0. The third-order valence-corrected chi connectivity index (χ3v) is 12.2. The second kappa shape index (κ2) is 12.8. The van der Waals surface area contributed by atoms with E-state index in [9.17, 15) is 0 Å². The molecule has 4 heteroatoms. The van der Waals surface area contributed by atoms with Crippen LogP contribution >= 0.6 is 22.7 Å². The number of rotatable bonds is 7. The van der Waals surface area contributed by atoms with Crippen LogP contribution in [0.5, 0.6) is 0 Å². The van der Waals surface area contributed by atoms with Gasteiger partial charge in [0.25, 0.3) is 0 Å². The summed E-state index contributed by atoms with van der Waals surface area (Å²) in [6.07, 6.45) is 0. The van der Waals surface area contributed by atoms with Crippen molar-refractivity contribution in [3.05, 3.63) is 194 Å². The van der Waals surface area contributed by atoms with Gasteiger partial charge in [0.05, 0.1) is 16.1 Å². The number of anilines is 6. The van der Waals surface area contributed by atoms with Gasteiger partial charge >= 0.3 is 0 Å². The molecule has 0 atom stereocenters. The minimum atomic E-state index is 1.12. The molecule has 0 aliphatic rings. The molecule has 10 aromatic rings. The molecule has 0 N–H and O–H groups in total. The average molecular weight is 701 g/mol. The van der Waals surface area contributed by atoms with Crippen molar-refractivity contribution >= 4 is 97.1 Å². The Bertz CT molecular complexity index is 2800. The standard InChI is InChI=1S/C48H32N2S2/c1-4-14-33(15-5-1)34-26-28-37(29-27-34)50(38-30-31-45-41(32-38)39-20-10-11-24-44(39)51-45)43-23-12-21-40-47-42(22-13-25-46(47)52-48(40)43)49(35-16-6-2-7-17-35)36-18-8-3-9-19-36/h1-32H. The van der Waals surface area contributed by atoms with Crippen LogP contribution in [-0.2, 0) is 0 Å². The highest BCUT2D eigenvalue weighted by Gasteiger charge is 2.22. The Morgan fingerprint density at radius 2 is 0.827 bits per heavy atom. The molecule has 0 spiro atoms. The van der Waals surface area contributed by atoms with Gasteiger partial charge in [0.15, 0.2) is 0 Å². The molecule has 0 fully saturated rings. The highest BCUT2D eigenvalue weighted by atomic mass is 32.1. The Balaban J connectivity index is 1.20. The molecule has 0 saturated heterocycles. The van der Waals surface area contributed by atoms with Crippen molar-refractivity contribution in [3.63, 3.8) is 0 Å². The normalized spacial score (nSPS) is 11.5. The van der Waals surface area contributed by atoms with E-state index >= 15 is 0 Å². The minimum absolute atomic E-state index is 1.12. The van der Waals surface area contributed by atoms with Crippen molar-refractivity contribution < 1.29 is 0 Å². The zero-order valence-electron chi connectivity index (χ0n) is 28.2. The molecule has 246 valence electrons. The van der Waals surface area contributed by atoms with E-state index < -0.39 is 0 Å². The van der Waals surface area contributed by atoms with Crippen molar-refractivity contribution in [1.29, 1.82) is 0 Å². The van der Waals surface area contributed by atoms with Crippen molar-refractivity contribution in [2.45, 2.75) is 0 Å². The highest BCUT2D eigenvalue weighted by molar-refractivity contribution is 7.26. The van der Waals surface area contributed by atoms with Crippen LogP contribution in [0.2, 0.25) is 0 Å². The molecule has 2 nitrogen and oxygen atoms in total. The summed E-state index contributed by atoms with van der Waals surface area (Å²) in [7, 11) is 0. The second-order valence-corrected chi connectivity index (χ2v) is 15.1. The molecule has 8 aromatic carbocycles. The van der Waals surface area contributed by atoms with Gasteiger partial charge in [-0.05, 0) is 90.0 Å². The molecule has 52 heavy (non-hydrogen) atoms. The van der Waals surface area contributed by atoms with Crippen molar-refractivity contribution in [2.24, 2.45) is 0 Å².